The van der Waals surface area contributed by atoms with Crippen LogP contribution in [0.1, 0.15) is 10.4 Å². The van der Waals surface area contributed by atoms with E-state index in [0.717, 1.165) is 0 Å². The van der Waals surface area contributed by atoms with E-state index >= 15 is 0 Å². The van der Waals surface area contributed by atoms with Gasteiger partial charge in [0, 0.05) is 0 Å². The molecule has 0 atom stereocenters. The summed E-state index contributed by atoms with van der Waals surface area (Å²) < 4.78 is 15.1. The fourth-order valence-corrected chi connectivity index (χ4v) is 1.24. The van der Waals surface area contributed by atoms with E-state index in [1.54, 1.807) is 24.3 Å². The zero-order valence-electron chi connectivity index (χ0n) is 9.04. The van der Waals surface area contributed by atoms with Crippen molar-refractivity contribution in [2.24, 2.45) is 5.73 Å². The largest absolute Gasteiger partial charge is 0.479 e. The van der Waals surface area contributed by atoms with Crippen LogP contribution >= 0.6 is 0 Å². The molecule has 0 fully saturated rings. The molecule has 0 saturated carbocycles. The van der Waals surface area contributed by atoms with Gasteiger partial charge in [0.2, 0.25) is 0 Å². The molecule has 0 aliphatic carbocycles. The quantitative estimate of drug-likeness (QED) is 0.867. The van der Waals surface area contributed by atoms with E-state index in [2.05, 4.69) is 4.98 Å². The lowest BCUT2D eigenvalue weighted by Crippen LogP contribution is -2.11. The number of carbonyl (C=O) groups is 1. The van der Waals surface area contributed by atoms with Crippen molar-refractivity contribution < 1.29 is 18.7 Å². The molecule has 0 radical (unpaired) electrons. The van der Waals surface area contributed by atoms with Crippen LogP contribution < -0.4 is 15.2 Å². The van der Waals surface area contributed by atoms with Crippen LogP contribution in [-0.4, -0.2) is 18.0 Å². The second-order valence-electron chi connectivity index (χ2n) is 3.12. The molecule has 1 aromatic heterocycles. The van der Waals surface area contributed by atoms with Crippen LogP contribution in [0.5, 0.6) is 17.7 Å². The number of methoxy groups -OCH3 is 1. The van der Waals surface area contributed by atoms with Crippen LogP contribution in [0.25, 0.3) is 0 Å². The minimum Gasteiger partial charge on any atom is -0.479 e. The van der Waals surface area contributed by atoms with Crippen molar-refractivity contribution in [3.8, 4) is 17.7 Å². The van der Waals surface area contributed by atoms with Gasteiger partial charge >= 0.3 is 6.08 Å². The minimum absolute atomic E-state index is 0.0180. The number of ether oxygens (including phenoxy) is 2. The summed E-state index contributed by atoms with van der Waals surface area (Å²) in [5, 5.41) is 0. The average molecular weight is 234 g/mol. The van der Waals surface area contributed by atoms with E-state index in [9.17, 15) is 4.79 Å². The van der Waals surface area contributed by atoms with E-state index in [1.807, 2.05) is 0 Å². The second-order valence-corrected chi connectivity index (χ2v) is 3.12. The van der Waals surface area contributed by atoms with Gasteiger partial charge in [-0.2, -0.15) is 0 Å². The van der Waals surface area contributed by atoms with Gasteiger partial charge in [-0.15, -0.1) is 4.98 Å². The highest BCUT2D eigenvalue weighted by Crippen LogP contribution is 2.25. The lowest BCUT2D eigenvalue weighted by molar-refractivity contribution is 0.0997. The first kappa shape index (κ1) is 11.0. The fraction of sp³-hybridized carbons (Fsp3) is 0.0909. The van der Waals surface area contributed by atoms with Gasteiger partial charge in [-0.25, -0.2) is 0 Å². The van der Waals surface area contributed by atoms with Crippen LogP contribution in [0, 0.1) is 0 Å². The van der Waals surface area contributed by atoms with Crippen molar-refractivity contribution in [2.45, 2.75) is 0 Å². The maximum atomic E-state index is 11.1. The summed E-state index contributed by atoms with van der Waals surface area (Å²) in [4.78, 5) is 15.0. The van der Waals surface area contributed by atoms with Crippen molar-refractivity contribution in [3.05, 3.63) is 36.1 Å². The number of rotatable bonds is 4. The van der Waals surface area contributed by atoms with Crippen LogP contribution in [0.3, 0.4) is 0 Å². The number of nitrogens with zero attached hydrogens (tertiary/aromatic N) is 1. The van der Waals surface area contributed by atoms with Gasteiger partial charge in [0.25, 0.3) is 11.8 Å². The van der Waals surface area contributed by atoms with Gasteiger partial charge in [0.15, 0.2) is 6.26 Å². The molecule has 0 saturated heterocycles. The molecule has 88 valence electrons. The Hall–Kier alpha value is -2.50. The number of amides is 1. The van der Waals surface area contributed by atoms with Crippen molar-refractivity contribution in [3.63, 3.8) is 0 Å². The first-order valence-corrected chi connectivity index (χ1v) is 4.77. The third-order valence-electron chi connectivity index (χ3n) is 2.02. The van der Waals surface area contributed by atoms with Gasteiger partial charge in [-0.1, -0.05) is 12.1 Å². The number of carbonyl (C=O) groups excluding carboxylic acids is 1. The normalized spacial score (nSPS) is 9.94. The molecule has 1 heterocycles. The molecular formula is C11H10N2O4. The summed E-state index contributed by atoms with van der Waals surface area (Å²) in [5.41, 5.74) is 5.46. The topological polar surface area (TPSA) is 87.6 Å². The van der Waals surface area contributed by atoms with Crippen LogP contribution in [-0.2, 0) is 0 Å². The number of hydrogen-bond acceptors (Lipinski definition) is 5. The zero-order valence-corrected chi connectivity index (χ0v) is 9.04. The first-order valence-electron chi connectivity index (χ1n) is 4.77. The first-order chi connectivity index (χ1) is 8.20. The Morgan fingerprint density at radius 1 is 1.41 bits per heavy atom. The third-order valence-corrected chi connectivity index (χ3v) is 2.02. The van der Waals surface area contributed by atoms with Gasteiger partial charge in [-0.3, -0.25) is 4.79 Å². The van der Waals surface area contributed by atoms with Crippen LogP contribution in [0.15, 0.2) is 34.9 Å². The molecule has 2 rings (SSSR count). The molecule has 0 unspecified atom stereocenters. The van der Waals surface area contributed by atoms with Crippen LogP contribution in [0.2, 0.25) is 0 Å². The molecule has 0 aliphatic rings. The molecule has 0 aliphatic heterocycles. The third kappa shape index (κ3) is 2.36. The summed E-state index contributed by atoms with van der Waals surface area (Å²) in [6.45, 7) is 0. The minimum atomic E-state index is -0.584. The summed E-state index contributed by atoms with van der Waals surface area (Å²) in [7, 11) is 1.46. The molecule has 0 spiro atoms. The fourth-order valence-electron chi connectivity index (χ4n) is 1.24. The number of hydrogen-bond donors (Lipinski definition) is 1. The van der Waals surface area contributed by atoms with Crippen molar-refractivity contribution in [1.82, 2.24) is 4.98 Å². The summed E-state index contributed by atoms with van der Waals surface area (Å²) in [6.07, 6.45) is 1.28. The molecule has 1 aromatic carbocycles. The van der Waals surface area contributed by atoms with Crippen molar-refractivity contribution in [1.29, 1.82) is 0 Å². The average Bonchev–Trinajstić information content (AvgIpc) is 2.77. The highest BCUT2D eigenvalue weighted by Gasteiger charge is 2.12. The van der Waals surface area contributed by atoms with E-state index in [-0.39, 0.29) is 23.3 Å². The molecule has 6 nitrogen and oxygen atoms in total. The van der Waals surface area contributed by atoms with Gasteiger partial charge < -0.3 is 19.6 Å². The second kappa shape index (κ2) is 4.56. The van der Waals surface area contributed by atoms with Gasteiger partial charge in [-0.05, 0) is 12.1 Å². The van der Waals surface area contributed by atoms with Gasteiger partial charge in [0.1, 0.15) is 5.75 Å². The number of primary amides is 1. The molecule has 6 heteroatoms. The Kier molecular flexibility index (Phi) is 2.95. The lowest BCUT2D eigenvalue weighted by Gasteiger charge is -2.04. The number of aromatic nitrogens is 1. The van der Waals surface area contributed by atoms with Crippen molar-refractivity contribution >= 4 is 5.91 Å². The lowest BCUT2D eigenvalue weighted by atomic mass is 10.2. The monoisotopic (exact) mass is 234 g/mol. The molecule has 0 bridgehead atoms. The summed E-state index contributed by atoms with van der Waals surface area (Å²) in [6, 6.07) is 6.54. The Labute approximate surface area is 97.0 Å². The molecule has 2 aromatic rings. The highest BCUT2D eigenvalue weighted by molar-refractivity contribution is 5.95. The molecule has 17 heavy (non-hydrogen) atoms. The SMILES string of the molecule is COc1coc(Oc2ccccc2C(N)=O)n1. The van der Waals surface area contributed by atoms with E-state index < -0.39 is 5.91 Å². The Bertz CT molecular complexity index is 536. The smallest absolute Gasteiger partial charge is 0.402 e. The van der Waals surface area contributed by atoms with E-state index in [4.69, 9.17) is 19.6 Å². The molecule has 1 amide bonds. The summed E-state index contributed by atoms with van der Waals surface area (Å²) >= 11 is 0. The standard InChI is InChI=1S/C11H10N2O4/c1-15-9-6-16-11(13-9)17-8-5-3-2-4-7(8)10(12)14/h2-6H,1H3,(H2,12,14). The Morgan fingerprint density at radius 3 is 2.82 bits per heavy atom. The Balaban J connectivity index is 2.26. The number of para-hydroxylation sites is 1. The Morgan fingerprint density at radius 2 is 2.18 bits per heavy atom. The zero-order chi connectivity index (χ0) is 12.3. The van der Waals surface area contributed by atoms with Crippen molar-refractivity contribution in [2.75, 3.05) is 7.11 Å². The van der Waals surface area contributed by atoms with E-state index in [1.165, 1.54) is 13.4 Å². The number of nitrogens with two attached hydrogens (primary N) is 1. The van der Waals surface area contributed by atoms with E-state index in [0.29, 0.717) is 0 Å². The van der Waals surface area contributed by atoms with Crippen LogP contribution in [0.4, 0.5) is 0 Å². The molecule has 2 N–H and O–H groups in total. The number of oxazole rings is 1. The summed E-state index contributed by atoms with van der Waals surface area (Å²) in [5.74, 6) is -0.0137. The predicted molar refractivity (Wildman–Crippen MR) is 58.1 cm³/mol. The maximum Gasteiger partial charge on any atom is 0.402 e. The predicted octanol–water partition coefficient (Wildman–Crippen LogP) is 1.57. The molecular weight excluding hydrogens is 224 g/mol. The van der Waals surface area contributed by atoms with Gasteiger partial charge in [0.05, 0.1) is 12.7 Å². The number of benzene rings is 1. The highest BCUT2D eigenvalue weighted by atomic mass is 16.6. The maximum absolute atomic E-state index is 11.1.